The number of pyridine rings is 1. The van der Waals surface area contributed by atoms with E-state index in [9.17, 15) is 4.79 Å². The number of rotatable bonds is 4. The SMILES string of the molecule is CCOC1CC(NC(=O)c2ccnc(N)c2)C1(C)C. The van der Waals surface area contributed by atoms with Gasteiger partial charge in [0.1, 0.15) is 5.82 Å². The van der Waals surface area contributed by atoms with Crippen LogP contribution in [0.3, 0.4) is 0 Å². The summed E-state index contributed by atoms with van der Waals surface area (Å²) in [6, 6.07) is 3.38. The fourth-order valence-electron chi connectivity index (χ4n) is 2.45. The second-order valence-electron chi connectivity index (χ2n) is 5.50. The maximum Gasteiger partial charge on any atom is 0.251 e. The van der Waals surface area contributed by atoms with E-state index in [1.807, 2.05) is 6.92 Å². The first-order valence-corrected chi connectivity index (χ1v) is 6.59. The standard InChI is InChI=1S/C14H21N3O2/c1-4-19-11-8-10(14(11,2)3)17-13(18)9-5-6-16-12(15)7-9/h5-7,10-11H,4,8H2,1-3H3,(H2,15,16)(H,17,18). The van der Waals surface area contributed by atoms with Crippen molar-refractivity contribution in [2.45, 2.75) is 39.3 Å². The predicted molar refractivity (Wildman–Crippen MR) is 73.7 cm³/mol. The number of carbonyl (C=O) groups is 1. The molecule has 1 aliphatic rings. The number of hydrogen-bond acceptors (Lipinski definition) is 4. The first kappa shape index (κ1) is 13.8. The number of nitrogen functional groups attached to an aromatic ring is 1. The van der Waals surface area contributed by atoms with Gasteiger partial charge in [0.2, 0.25) is 0 Å². The lowest BCUT2D eigenvalue weighted by Gasteiger charge is -2.51. The minimum atomic E-state index is -0.109. The lowest BCUT2D eigenvalue weighted by molar-refractivity contribution is -0.111. The molecule has 2 unspecified atom stereocenters. The van der Waals surface area contributed by atoms with Crippen LogP contribution < -0.4 is 11.1 Å². The maximum atomic E-state index is 12.1. The Morgan fingerprint density at radius 2 is 2.37 bits per heavy atom. The van der Waals surface area contributed by atoms with Crippen LogP contribution in [0.15, 0.2) is 18.3 Å². The number of nitrogens with one attached hydrogen (secondary N) is 1. The van der Waals surface area contributed by atoms with Crippen molar-refractivity contribution in [3.8, 4) is 0 Å². The van der Waals surface area contributed by atoms with Crippen molar-refractivity contribution in [2.75, 3.05) is 12.3 Å². The Morgan fingerprint density at radius 1 is 1.63 bits per heavy atom. The number of nitrogens with zero attached hydrogens (tertiary/aromatic N) is 1. The average Bonchev–Trinajstić information content (AvgIpc) is 2.37. The highest BCUT2D eigenvalue weighted by Crippen LogP contribution is 2.42. The number of aromatic nitrogens is 1. The van der Waals surface area contributed by atoms with Gasteiger partial charge in [-0.1, -0.05) is 13.8 Å². The van der Waals surface area contributed by atoms with E-state index >= 15 is 0 Å². The molecule has 19 heavy (non-hydrogen) atoms. The molecule has 1 fully saturated rings. The summed E-state index contributed by atoms with van der Waals surface area (Å²) in [5.74, 6) is 0.245. The molecule has 1 aromatic heterocycles. The molecule has 1 aromatic rings. The zero-order valence-corrected chi connectivity index (χ0v) is 11.6. The van der Waals surface area contributed by atoms with E-state index in [1.165, 1.54) is 0 Å². The predicted octanol–water partition coefficient (Wildman–Crippen LogP) is 1.60. The van der Waals surface area contributed by atoms with Gasteiger partial charge in [0.25, 0.3) is 5.91 Å². The van der Waals surface area contributed by atoms with Crippen LogP contribution in [0.1, 0.15) is 37.6 Å². The van der Waals surface area contributed by atoms with Gasteiger partial charge in [-0.25, -0.2) is 4.98 Å². The van der Waals surface area contributed by atoms with Crippen molar-refractivity contribution in [3.05, 3.63) is 23.9 Å². The van der Waals surface area contributed by atoms with Gasteiger partial charge in [0, 0.05) is 29.8 Å². The summed E-state index contributed by atoms with van der Waals surface area (Å²) in [4.78, 5) is 16.0. The zero-order valence-electron chi connectivity index (χ0n) is 11.6. The van der Waals surface area contributed by atoms with Gasteiger partial charge in [0.15, 0.2) is 0 Å². The molecule has 1 aliphatic carbocycles. The summed E-state index contributed by atoms with van der Waals surface area (Å²) in [5.41, 5.74) is 6.08. The lowest BCUT2D eigenvalue weighted by Crippen LogP contribution is -2.62. The molecule has 0 spiro atoms. The van der Waals surface area contributed by atoms with Crippen LogP contribution in [0.25, 0.3) is 0 Å². The molecule has 2 rings (SSSR count). The van der Waals surface area contributed by atoms with Crippen LogP contribution in [0.4, 0.5) is 5.82 Å². The molecule has 1 saturated carbocycles. The van der Waals surface area contributed by atoms with Crippen LogP contribution >= 0.6 is 0 Å². The van der Waals surface area contributed by atoms with Crippen LogP contribution in [0.5, 0.6) is 0 Å². The second kappa shape index (κ2) is 5.17. The summed E-state index contributed by atoms with van der Waals surface area (Å²) in [5, 5.41) is 3.04. The topological polar surface area (TPSA) is 77.2 Å². The summed E-state index contributed by atoms with van der Waals surface area (Å²) in [6.07, 6.45) is 2.61. The van der Waals surface area contributed by atoms with E-state index in [0.717, 1.165) is 6.42 Å². The van der Waals surface area contributed by atoms with Crippen molar-refractivity contribution in [1.82, 2.24) is 10.3 Å². The molecule has 3 N–H and O–H groups in total. The van der Waals surface area contributed by atoms with Gasteiger partial charge in [-0.3, -0.25) is 4.79 Å². The number of nitrogens with two attached hydrogens (primary N) is 1. The van der Waals surface area contributed by atoms with E-state index in [0.29, 0.717) is 18.0 Å². The normalized spacial score (nSPS) is 24.6. The van der Waals surface area contributed by atoms with Gasteiger partial charge >= 0.3 is 0 Å². The van der Waals surface area contributed by atoms with Crippen LogP contribution in [-0.4, -0.2) is 29.6 Å². The summed E-state index contributed by atoms with van der Waals surface area (Å²) < 4.78 is 5.65. The summed E-state index contributed by atoms with van der Waals surface area (Å²) in [7, 11) is 0. The zero-order chi connectivity index (χ0) is 14.0. The Balaban J connectivity index is 1.98. The molecule has 1 amide bonds. The van der Waals surface area contributed by atoms with E-state index in [2.05, 4.69) is 24.1 Å². The van der Waals surface area contributed by atoms with Gasteiger partial charge in [-0.15, -0.1) is 0 Å². The fourth-order valence-corrected chi connectivity index (χ4v) is 2.45. The average molecular weight is 263 g/mol. The van der Waals surface area contributed by atoms with Crippen molar-refractivity contribution < 1.29 is 9.53 Å². The molecule has 1 heterocycles. The van der Waals surface area contributed by atoms with Crippen LogP contribution in [-0.2, 0) is 4.74 Å². The van der Waals surface area contributed by atoms with E-state index in [-0.39, 0.29) is 23.5 Å². The highest BCUT2D eigenvalue weighted by molar-refractivity contribution is 5.95. The van der Waals surface area contributed by atoms with Gasteiger partial charge in [0.05, 0.1) is 6.10 Å². The largest absolute Gasteiger partial charge is 0.384 e. The quantitative estimate of drug-likeness (QED) is 0.865. The van der Waals surface area contributed by atoms with Crippen LogP contribution in [0, 0.1) is 5.41 Å². The van der Waals surface area contributed by atoms with Gasteiger partial charge in [-0.05, 0) is 25.5 Å². The third-order valence-corrected chi connectivity index (χ3v) is 3.89. The number of carbonyl (C=O) groups excluding carboxylic acids is 1. The number of ether oxygens (including phenoxy) is 1. The Labute approximate surface area is 113 Å². The third kappa shape index (κ3) is 2.71. The van der Waals surface area contributed by atoms with Gasteiger partial charge in [-0.2, -0.15) is 0 Å². The number of hydrogen-bond donors (Lipinski definition) is 2. The van der Waals surface area contributed by atoms with Gasteiger partial charge < -0.3 is 15.8 Å². The Morgan fingerprint density at radius 3 is 2.95 bits per heavy atom. The highest BCUT2D eigenvalue weighted by atomic mass is 16.5. The molecular weight excluding hydrogens is 242 g/mol. The minimum absolute atomic E-state index is 0.0375. The van der Waals surface area contributed by atoms with Crippen molar-refractivity contribution >= 4 is 11.7 Å². The smallest absolute Gasteiger partial charge is 0.251 e. The van der Waals surface area contributed by atoms with Crippen molar-refractivity contribution in [3.63, 3.8) is 0 Å². The molecule has 0 saturated heterocycles. The summed E-state index contributed by atoms with van der Waals surface area (Å²) in [6.45, 7) is 6.92. The molecule has 0 radical (unpaired) electrons. The Hall–Kier alpha value is -1.62. The lowest BCUT2D eigenvalue weighted by atomic mass is 9.64. The number of anilines is 1. The summed E-state index contributed by atoms with van der Waals surface area (Å²) >= 11 is 0. The number of amides is 1. The monoisotopic (exact) mass is 263 g/mol. The first-order chi connectivity index (χ1) is 8.95. The van der Waals surface area contributed by atoms with Crippen LogP contribution in [0.2, 0.25) is 0 Å². The molecular formula is C14H21N3O2. The van der Waals surface area contributed by atoms with E-state index in [4.69, 9.17) is 10.5 Å². The minimum Gasteiger partial charge on any atom is -0.384 e. The van der Waals surface area contributed by atoms with E-state index < -0.39 is 0 Å². The third-order valence-electron chi connectivity index (χ3n) is 3.89. The Kier molecular flexibility index (Phi) is 3.75. The Bertz CT molecular complexity index is 474. The molecule has 5 heteroatoms. The molecule has 2 atom stereocenters. The maximum absolute atomic E-state index is 12.1. The van der Waals surface area contributed by atoms with E-state index in [1.54, 1.807) is 18.3 Å². The molecule has 0 aliphatic heterocycles. The molecule has 5 nitrogen and oxygen atoms in total. The van der Waals surface area contributed by atoms with Crippen molar-refractivity contribution in [1.29, 1.82) is 0 Å². The second-order valence-corrected chi connectivity index (χ2v) is 5.50. The molecule has 104 valence electrons. The molecule has 0 aromatic carbocycles. The first-order valence-electron chi connectivity index (χ1n) is 6.59. The molecule has 0 bridgehead atoms. The highest BCUT2D eigenvalue weighted by Gasteiger charge is 2.49. The van der Waals surface area contributed by atoms with Crippen molar-refractivity contribution in [2.24, 2.45) is 5.41 Å². The fraction of sp³-hybridized carbons (Fsp3) is 0.571.